The van der Waals surface area contributed by atoms with Gasteiger partial charge < -0.3 is 14.8 Å². The van der Waals surface area contributed by atoms with Crippen molar-refractivity contribution >= 4 is 17.2 Å². The topological polar surface area (TPSA) is 70.4 Å². The fourth-order valence-corrected chi connectivity index (χ4v) is 3.95. The Hall–Kier alpha value is -2.90. The molecule has 1 aliphatic rings. The van der Waals surface area contributed by atoms with Gasteiger partial charge in [-0.05, 0) is 43.3 Å². The van der Waals surface area contributed by atoms with Gasteiger partial charge in [0.2, 0.25) is 0 Å². The molecule has 0 saturated heterocycles. The maximum absolute atomic E-state index is 12.7. The molecular formula is C21H22N4O2S. The van der Waals surface area contributed by atoms with Gasteiger partial charge in [0.05, 0.1) is 23.2 Å². The van der Waals surface area contributed by atoms with Crippen molar-refractivity contribution in [2.75, 3.05) is 0 Å². The molecule has 2 N–H and O–H groups in total. The van der Waals surface area contributed by atoms with E-state index in [9.17, 15) is 4.79 Å². The van der Waals surface area contributed by atoms with Crippen molar-refractivity contribution in [1.29, 1.82) is 0 Å². The maximum atomic E-state index is 12.7. The number of thiophene rings is 1. The average Bonchev–Trinajstić information content (AvgIpc) is 3.41. The van der Waals surface area contributed by atoms with E-state index in [1.54, 1.807) is 17.4 Å². The van der Waals surface area contributed by atoms with Crippen LogP contribution in [0.15, 0.2) is 63.8 Å². The number of hydrogen-bond donors (Lipinski definition) is 2. The van der Waals surface area contributed by atoms with Crippen LogP contribution >= 0.6 is 11.3 Å². The third-order valence-corrected chi connectivity index (χ3v) is 5.81. The fraction of sp³-hybridized carbons (Fsp3) is 0.238. The molecular weight excluding hydrogens is 372 g/mol. The number of nitrogens with zero attached hydrogens (tertiary/aromatic N) is 2. The maximum Gasteiger partial charge on any atom is 0.277 e. The van der Waals surface area contributed by atoms with E-state index < -0.39 is 0 Å². The Morgan fingerprint density at radius 2 is 2.11 bits per heavy atom. The lowest BCUT2D eigenvalue weighted by Gasteiger charge is -2.22. The Labute approximate surface area is 167 Å². The number of carbonyl (C=O) groups is 1. The van der Waals surface area contributed by atoms with Crippen LogP contribution in [0.3, 0.4) is 0 Å². The molecule has 3 heterocycles. The van der Waals surface area contributed by atoms with Crippen LogP contribution < -0.4 is 10.7 Å². The van der Waals surface area contributed by atoms with Crippen LogP contribution in [0.5, 0.6) is 0 Å². The predicted molar refractivity (Wildman–Crippen MR) is 109 cm³/mol. The van der Waals surface area contributed by atoms with Crippen molar-refractivity contribution in [3.8, 4) is 10.6 Å². The van der Waals surface area contributed by atoms with E-state index >= 15 is 0 Å². The van der Waals surface area contributed by atoms with E-state index in [-0.39, 0.29) is 17.6 Å². The lowest BCUT2D eigenvalue weighted by molar-refractivity contribution is 0.0954. The summed E-state index contributed by atoms with van der Waals surface area (Å²) < 4.78 is 5.32. The smallest absolute Gasteiger partial charge is 0.277 e. The number of nitrogens with one attached hydrogen (secondary N) is 2. The number of carbonyl (C=O) groups excluding carboxylic acids is 1. The highest BCUT2D eigenvalue weighted by Crippen LogP contribution is 2.26. The summed E-state index contributed by atoms with van der Waals surface area (Å²) in [5, 5.41) is 11.0. The van der Waals surface area contributed by atoms with Crippen LogP contribution in [0.1, 0.15) is 35.5 Å². The summed E-state index contributed by atoms with van der Waals surface area (Å²) in [4.78, 5) is 13.6. The second-order valence-corrected chi connectivity index (χ2v) is 7.82. The highest BCUT2D eigenvalue weighted by Gasteiger charge is 2.28. The van der Waals surface area contributed by atoms with Gasteiger partial charge in [-0.15, -0.1) is 11.3 Å². The molecule has 3 aromatic rings. The molecule has 2 aromatic heterocycles. The predicted octanol–water partition coefficient (Wildman–Crippen LogP) is 4.08. The first-order valence-corrected chi connectivity index (χ1v) is 10.0. The zero-order valence-electron chi connectivity index (χ0n) is 16.0. The van der Waals surface area contributed by atoms with Crippen molar-refractivity contribution in [1.82, 2.24) is 20.9 Å². The zero-order chi connectivity index (χ0) is 19.7. The van der Waals surface area contributed by atoms with E-state index in [0.717, 1.165) is 22.8 Å². The molecule has 0 saturated carbocycles. The van der Waals surface area contributed by atoms with E-state index in [1.807, 2.05) is 43.5 Å². The van der Waals surface area contributed by atoms with Gasteiger partial charge in [0.25, 0.3) is 5.91 Å². The summed E-state index contributed by atoms with van der Waals surface area (Å²) >= 11 is 1.55. The summed E-state index contributed by atoms with van der Waals surface area (Å²) in [5.41, 5.74) is 8.01. The third-order valence-electron chi connectivity index (χ3n) is 4.92. The number of hydrazine groups is 1. The lowest BCUT2D eigenvalue weighted by atomic mass is 10.1. The lowest BCUT2D eigenvalue weighted by Crippen LogP contribution is -2.37. The molecule has 1 aliphatic heterocycles. The zero-order valence-corrected chi connectivity index (χ0v) is 16.8. The molecule has 1 amide bonds. The second kappa shape index (κ2) is 7.61. The number of rotatable bonds is 5. The summed E-state index contributed by atoms with van der Waals surface area (Å²) in [6.07, 6.45) is 0. The number of amides is 1. The van der Waals surface area contributed by atoms with Gasteiger partial charge in [-0.1, -0.05) is 35.5 Å². The Bertz CT molecular complexity index is 1020. The second-order valence-electron chi connectivity index (χ2n) is 6.87. The third kappa shape index (κ3) is 3.58. The van der Waals surface area contributed by atoms with Crippen molar-refractivity contribution < 1.29 is 9.32 Å². The molecule has 1 aromatic carbocycles. The number of allylic oxidation sites excluding steroid dienone is 1. The van der Waals surface area contributed by atoms with Gasteiger partial charge in [0.1, 0.15) is 0 Å². The van der Waals surface area contributed by atoms with Gasteiger partial charge in [-0.25, -0.2) is 5.43 Å². The quantitative estimate of drug-likeness (QED) is 0.682. The van der Waals surface area contributed by atoms with E-state index in [2.05, 4.69) is 40.0 Å². The first-order chi connectivity index (χ1) is 13.5. The molecule has 0 aliphatic carbocycles. The van der Waals surface area contributed by atoms with Crippen molar-refractivity contribution in [3.05, 3.63) is 76.1 Å². The molecule has 1 atom stereocenters. The number of hydrogen-bond acceptors (Lipinski definition) is 6. The van der Waals surface area contributed by atoms with E-state index in [4.69, 9.17) is 4.52 Å². The minimum atomic E-state index is -0.271. The molecule has 0 unspecified atom stereocenters. The van der Waals surface area contributed by atoms with Gasteiger partial charge in [-0.3, -0.25) is 4.79 Å². The van der Waals surface area contributed by atoms with E-state index in [0.29, 0.717) is 5.76 Å². The SMILES string of the molecule is CC1=C(NC(=O)c2cc(-c3cccs3)on2)[C@H](C)NN1Cc1ccccc1C. The Morgan fingerprint density at radius 1 is 1.29 bits per heavy atom. The Balaban J connectivity index is 1.49. The van der Waals surface area contributed by atoms with Gasteiger partial charge in [-0.2, -0.15) is 0 Å². The first-order valence-electron chi connectivity index (χ1n) is 9.14. The minimum Gasteiger partial charge on any atom is -0.355 e. The van der Waals surface area contributed by atoms with Gasteiger partial charge in [0, 0.05) is 11.8 Å². The highest BCUT2D eigenvalue weighted by atomic mass is 32.1. The monoisotopic (exact) mass is 394 g/mol. The molecule has 28 heavy (non-hydrogen) atoms. The molecule has 144 valence electrons. The van der Waals surface area contributed by atoms with Crippen LogP contribution in [-0.2, 0) is 6.54 Å². The van der Waals surface area contributed by atoms with Crippen molar-refractivity contribution in [2.24, 2.45) is 0 Å². The first kappa shape index (κ1) is 18.5. The van der Waals surface area contributed by atoms with Crippen LogP contribution in [0, 0.1) is 6.92 Å². The van der Waals surface area contributed by atoms with Crippen LogP contribution in [0.4, 0.5) is 0 Å². The Morgan fingerprint density at radius 3 is 2.86 bits per heavy atom. The van der Waals surface area contributed by atoms with Crippen molar-refractivity contribution in [3.63, 3.8) is 0 Å². The minimum absolute atomic E-state index is 0.00312. The summed E-state index contributed by atoms with van der Waals surface area (Å²) in [5.74, 6) is 0.330. The standard InChI is InChI=1S/C21H22N4O2S/c1-13-7-4-5-8-16(13)12-25-15(3)20(14(2)23-25)22-21(26)17-11-18(27-24-17)19-9-6-10-28-19/h4-11,14,23H,12H2,1-3H3,(H,22,26)/t14-/m0/s1. The number of benzene rings is 1. The summed E-state index contributed by atoms with van der Waals surface area (Å²) in [6.45, 7) is 6.86. The molecule has 4 rings (SSSR count). The highest BCUT2D eigenvalue weighted by molar-refractivity contribution is 7.13. The summed E-state index contributed by atoms with van der Waals surface area (Å²) in [7, 11) is 0. The molecule has 0 spiro atoms. The summed E-state index contributed by atoms with van der Waals surface area (Å²) in [6, 6.07) is 13.8. The molecule has 6 nitrogen and oxygen atoms in total. The largest absolute Gasteiger partial charge is 0.355 e. The van der Waals surface area contributed by atoms with E-state index in [1.165, 1.54) is 11.1 Å². The van der Waals surface area contributed by atoms with Gasteiger partial charge >= 0.3 is 0 Å². The average molecular weight is 395 g/mol. The fourth-order valence-electron chi connectivity index (χ4n) is 3.28. The van der Waals surface area contributed by atoms with Crippen LogP contribution in [-0.4, -0.2) is 22.1 Å². The van der Waals surface area contributed by atoms with Gasteiger partial charge in [0.15, 0.2) is 11.5 Å². The van der Waals surface area contributed by atoms with Crippen molar-refractivity contribution in [2.45, 2.75) is 33.4 Å². The molecule has 0 fully saturated rings. The molecule has 7 heteroatoms. The number of aryl methyl sites for hydroxylation is 1. The molecule has 0 radical (unpaired) electrons. The normalized spacial score (nSPS) is 16.7. The van der Waals surface area contributed by atoms with Crippen LogP contribution in [0.25, 0.3) is 10.6 Å². The Kier molecular flexibility index (Phi) is 5.02. The van der Waals surface area contributed by atoms with Crippen LogP contribution in [0.2, 0.25) is 0 Å². The molecule has 0 bridgehead atoms. The number of aromatic nitrogens is 1.